The Balaban J connectivity index is 1.10. The lowest BCUT2D eigenvalue weighted by atomic mass is 9.93. The van der Waals surface area contributed by atoms with Gasteiger partial charge >= 0.3 is 0 Å². The molecule has 6 heteroatoms. The molecule has 0 spiro atoms. The molecular formula is C51H30N6. The Hall–Kier alpha value is -8.01. The van der Waals surface area contributed by atoms with Crippen molar-refractivity contribution in [3.8, 4) is 57.0 Å². The summed E-state index contributed by atoms with van der Waals surface area (Å²) in [5.74, 6) is 1.85. The van der Waals surface area contributed by atoms with Gasteiger partial charge in [0.15, 0.2) is 17.5 Å². The Bertz CT molecular complexity index is 3340. The monoisotopic (exact) mass is 726 g/mol. The van der Waals surface area contributed by atoms with E-state index in [0.717, 1.165) is 87.6 Å². The average molecular weight is 727 g/mol. The fraction of sp³-hybridized carbons (Fsp3) is 0. The largest absolute Gasteiger partial charge is 0.308 e. The van der Waals surface area contributed by atoms with Crippen molar-refractivity contribution in [2.24, 2.45) is 0 Å². The van der Waals surface area contributed by atoms with E-state index in [0.29, 0.717) is 23.0 Å². The van der Waals surface area contributed by atoms with Gasteiger partial charge in [-0.15, -0.1) is 0 Å². The highest BCUT2D eigenvalue weighted by molar-refractivity contribution is 6.12. The van der Waals surface area contributed by atoms with Crippen LogP contribution in [0.15, 0.2) is 182 Å². The molecule has 0 amide bonds. The van der Waals surface area contributed by atoms with Gasteiger partial charge in [0, 0.05) is 33.7 Å². The second kappa shape index (κ2) is 13.1. The third kappa shape index (κ3) is 5.49. The van der Waals surface area contributed by atoms with Crippen LogP contribution in [0.25, 0.3) is 105 Å². The van der Waals surface area contributed by atoms with E-state index in [2.05, 4.69) is 161 Å². The molecule has 0 N–H and O–H groups in total. The third-order valence-electron chi connectivity index (χ3n) is 10.9. The first-order valence-electron chi connectivity index (χ1n) is 18.8. The van der Waals surface area contributed by atoms with Crippen molar-refractivity contribution in [1.29, 1.82) is 5.26 Å². The van der Waals surface area contributed by atoms with Crippen molar-refractivity contribution in [2.45, 2.75) is 0 Å². The summed E-state index contributed by atoms with van der Waals surface area (Å²) in [6, 6.07) is 61.0. The highest BCUT2D eigenvalue weighted by atomic mass is 15.0. The number of aromatic nitrogens is 5. The van der Waals surface area contributed by atoms with E-state index in [1.165, 1.54) is 0 Å². The van der Waals surface area contributed by atoms with Gasteiger partial charge in [-0.05, 0) is 104 Å². The molecule has 0 atom stereocenters. The maximum absolute atomic E-state index is 9.83. The van der Waals surface area contributed by atoms with Gasteiger partial charge in [-0.1, -0.05) is 109 Å². The quantitative estimate of drug-likeness (QED) is 0.176. The first-order chi connectivity index (χ1) is 28.2. The van der Waals surface area contributed by atoms with Crippen LogP contribution in [0.2, 0.25) is 0 Å². The van der Waals surface area contributed by atoms with Crippen LogP contribution in [0.5, 0.6) is 0 Å². The van der Waals surface area contributed by atoms with Gasteiger partial charge in [-0.2, -0.15) is 5.26 Å². The van der Waals surface area contributed by atoms with Crippen LogP contribution in [-0.4, -0.2) is 24.5 Å². The van der Waals surface area contributed by atoms with E-state index in [-0.39, 0.29) is 0 Å². The van der Waals surface area contributed by atoms with Crippen molar-refractivity contribution in [2.75, 3.05) is 0 Å². The molecule has 11 aromatic rings. The summed E-state index contributed by atoms with van der Waals surface area (Å²) in [7, 11) is 0. The zero-order valence-electron chi connectivity index (χ0n) is 30.5. The Morgan fingerprint density at radius 1 is 0.421 bits per heavy atom. The topological polar surface area (TPSA) is 80.3 Å². The fourth-order valence-electron chi connectivity index (χ4n) is 8.18. The summed E-state index contributed by atoms with van der Waals surface area (Å²) in [4.78, 5) is 19.9. The molecule has 264 valence electrons. The van der Waals surface area contributed by atoms with Gasteiger partial charge in [0.05, 0.1) is 34.6 Å². The molecule has 0 saturated carbocycles. The molecule has 0 aliphatic heterocycles. The molecule has 0 bridgehead atoms. The van der Waals surface area contributed by atoms with Crippen molar-refractivity contribution in [3.63, 3.8) is 0 Å². The van der Waals surface area contributed by atoms with Crippen molar-refractivity contribution < 1.29 is 0 Å². The Labute approximate surface area is 327 Å². The zero-order valence-corrected chi connectivity index (χ0v) is 30.5. The van der Waals surface area contributed by atoms with Crippen LogP contribution in [0.1, 0.15) is 5.56 Å². The predicted molar refractivity (Wildman–Crippen MR) is 231 cm³/mol. The standard InChI is InChI=1S/C51H30N6/c52-30-32-15-23-47-45(26-32)46-29-37(20-24-48(46)57(47)40-12-7-25-53-31-40)41-21-22-44(43-14-6-5-13-42(41)43)51-55-49(38-18-16-33-8-1-3-10-35(33)27-38)54-50(56-51)39-19-17-34-9-2-4-11-36(34)28-39/h1-29,31H. The van der Waals surface area contributed by atoms with E-state index in [4.69, 9.17) is 15.0 Å². The SMILES string of the molecule is N#Cc1ccc2c(c1)c1cc(-c3ccc(-c4nc(-c5ccc6ccccc6c5)nc(-c5ccc6ccccc6c5)n4)c4ccccc34)ccc1n2-c1cccnc1. The highest BCUT2D eigenvalue weighted by Gasteiger charge is 2.19. The van der Waals surface area contributed by atoms with Crippen molar-refractivity contribution in [1.82, 2.24) is 24.5 Å². The van der Waals surface area contributed by atoms with Crippen molar-refractivity contribution in [3.05, 3.63) is 188 Å². The minimum absolute atomic E-state index is 0.609. The van der Waals surface area contributed by atoms with Crippen molar-refractivity contribution >= 4 is 54.1 Å². The number of benzene rings is 8. The Morgan fingerprint density at radius 3 is 1.63 bits per heavy atom. The molecule has 0 aliphatic carbocycles. The van der Waals surface area contributed by atoms with Crippen LogP contribution in [0.4, 0.5) is 0 Å². The second-order valence-corrected chi connectivity index (χ2v) is 14.3. The molecule has 3 heterocycles. The average Bonchev–Trinajstić information content (AvgIpc) is 3.61. The summed E-state index contributed by atoms with van der Waals surface area (Å²) < 4.78 is 2.21. The minimum atomic E-state index is 0.609. The molecule has 0 fully saturated rings. The second-order valence-electron chi connectivity index (χ2n) is 14.3. The normalized spacial score (nSPS) is 11.5. The van der Waals surface area contributed by atoms with E-state index in [1.54, 1.807) is 6.20 Å². The number of fused-ring (bicyclic) bond motifs is 6. The van der Waals surface area contributed by atoms with Gasteiger partial charge in [0.1, 0.15) is 0 Å². The molecular weight excluding hydrogens is 697 g/mol. The lowest BCUT2D eigenvalue weighted by Gasteiger charge is -2.14. The van der Waals surface area contributed by atoms with Crippen LogP contribution in [0.3, 0.4) is 0 Å². The highest BCUT2D eigenvalue weighted by Crippen LogP contribution is 2.40. The van der Waals surface area contributed by atoms with Crippen LogP contribution in [-0.2, 0) is 0 Å². The van der Waals surface area contributed by atoms with Crippen LogP contribution in [0, 0.1) is 11.3 Å². The number of rotatable bonds is 5. The van der Waals surface area contributed by atoms with E-state index in [1.807, 2.05) is 30.5 Å². The molecule has 57 heavy (non-hydrogen) atoms. The molecule has 0 unspecified atom stereocenters. The maximum Gasteiger partial charge on any atom is 0.164 e. The van der Waals surface area contributed by atoms with E-state index < -0.39 is 0 Å². The molecule has 8 aromatic carbocycles. The van der Waals surface area contributed by atoms with Crippen LogP contribution < -0.4 is 0 Å². The zero-order chi connectivity index (χ0) is 37.9. The first-order valence-corrected chi connectivity index (χ1v) is 18.8. The number of pyridine rings is 1. The van der Waals surface area contributed by atoms with E-state index >= 15 is 0 Å². The van der Waals surface area contributed by atoms with Gasteiger partial charge < -0.3 is 4.57 Å². The number of hydrogen-bond acceptors (Lipinski definition) is 5. The molecule has 0 aliphatic rings. The summed E-state index contributed by atoms with van der Waals surface area (Å²) in [5, 5.41) is 18.6. The fourth-order valence-corrected chi connectivity index (χ4v) is 8.18. The molecule has 0 radical (unpaired) electrons. The Morgan fingerprint density at radius 2 is 0.982 bits per heavy atom. The summed E-state index contributed by atoms with van der Waals surface area (Å²) in [5.41, 5.74) is 8.60. The van der Waals surface area contributed by atoms with Gasteiger partial charge in [-0.3, -0.25) is 4.98 Å². The molecule has 3 aromatic heterocycles. The smallest absolute Gasteiger partial charge is 0.164 e. The number of nitrogens with zero attached hydrogens (tertiary/aromatic N) is 6. The first kappa shape index (κ1) is 32.4. The summed E-state index contributed by atoms with van der Waals surface area (Å²) in [6.45, 7) is 0. The molecule has 6 nitrogen and oxygen atoms in total. The van der Waals surface area contributed by atoms with Gasteiger partial charge in [0.25, 0.3) is 0 Å². The van der Waals surface area contributed by atoms with Gasteiger partial charge in [0.2, 0.25) is 0 Å². The van der Waals surface area contributed by atoms with E-state index in [9.17, 15) is 5.26 Å². The maximum atomic E-state index is 9.83. The lowest BCUT2D eigenvalue weighted by molar-refractivity contribution is 1.08. The third-order valence-corrected chi connectivity index (χ3v) is 10.9. The van der Waals surface area contributed by atoms with Crippen LogP contribution >= 0.6 is 0 Å². The van der Waals surface area contributed by atoms with Gasteiger partial charge in [-0.25, -0.2) is 15.0 Å². The molecule has 11 rings (SSSR count). The minimum Gasteiger partial charge on any atom is -0.308 e. The Kier molecular flexibility index (Phi) is 7.44. The molecule has 0 saturated heterocycles. The summed E-state index contributed by atoms with van der Waals surface area (Å²) >= 11 is 0. The summed E-state index contributed by atoms with van der Waals surface area (Å²) in [6.07, 6.45) is 3.65. The lowest BCUT2D eigenvalue weighted by Crippen LogP contribution is -2.01. The predicted octanol–water partition coefficient (Wildman–Crippen LogP) is 12.4. The number of hydrogen-bond donors (Lipinski definition) is 0. The number of nitriles is 1.